The Morgan fingerprint density at radius 1 is 1.26 bits per heavy atom. The fraction of sp³-hybridized carbons (Fsp3) is 0.571. The highest BCUT2D eigenvalue weighted by molar-refractivity contribution is 5.67. The molecule has 0 aromatic heterocycles. The molecule has 6 nitrogen and oxygen atoms in total. The van der Waals surface area contributed by atoms with Crippen molar-refractivity contribution >= 4 is 6.09 Å². The number of rotatable bonds is 5. The fourth-order valence-corrected chi connectivity index (χ4v) is 3.93. The number of carbonyl (C=O) groups is 1. The molecule has 1 aromatic rings. The number of carbonyl (C=O) groups excluding carboxylic acids is 1. The average Bonchev–Trinajstić information content (AvgIpc) is 2.57. The summed E-state index contributed by atoms with van der Waals surface area (Å²) in [6.07, 6.45) is 3.29. The Morgan fingerprint density at radius 2 is 2.00 bits per heavy atom. The van der Waals surface area contributed by atoms with Crippen molar-refractivity contribution in [3.05, 3.63) is 35.9 Å². The molecule has 2 heterocycles. The van der Waals surface area contributed by atoms with Crippen LogP contribution < -0.4 is 20.1 Å². The Balaban J connectivity index is 1.39. The van der Waals surface area contributed by atoms with Crippen molar-refractivity contribution in [1.29, 1.82) is 0 Å². The predicted octanol–water partition coefficient (Wildman–Crippen LogP) is 3.42. The van der Waals surface area contributed by atoms with Crippen molar-refractivity contribution < 1.29 is 19.0 Å². The van der Waals surface area contributed by atoms with Crippen molar-refractivity contribution in [1.82, 2.24) is 10.6 Å². The van der Waals surface area contributed by atoms with Crippen molar-refractivity contribution in [2.75, 3.05) is 19.8 Å². The minimum absolute atomic E-state index is 0.0461. The fourth-order valence-electron chi connectivity index (χ4n) is 3.93. The summed E-state index contributed by atoms with van der Waals surface area (Å²) >= 11 is 0. The van der Waals surface area contributed by atoms with E-state index in [0.717, 1.165) is 18.6 Å². The third-order valence-corrected chi connectivity index (χ3v) is 4.59. The molecule has 0 radical (unpaired) electrons. The average molecular weight is 374 g/mol. The normalized spacial score (nSPS) is 22.5. The number of amides is 1. The molecule has 0 saturated carbocycles. The summed E-state index contributed by atoms with van der Waals surface area (Å²) in [5.41, 5.74) is 1.32. The first-order valence-electron chi connectivity index (χ1n) is 9.51. The quantitative estimate of drug-likeness (QED) is 0.773. The van der Waals surface area contributed by atoms with Crippen LogP contribution in [0.1, 0.15) is 40.5 Å². The molecule has 1 aromatic carbocycles. The first-order valence-corrected chi connectivity index (χ1v) is 9.51. The van der Waals surface area contributed by atoms with Crippen LogP contribution in [0.4, 0.5) is 4.79 Å². The maximum Gasteiger partial charge on any atom is 0.407 e. The van der Waals surface area contributed by atoms with Gasteiger partial charge in [-0.05, 0) is 46.2 Å². The van der Waals surface area contributed by atoms with Gasteiger partial charge in [0, 0.05) is 17.5 Å². The van der Waals surface area contributed by atoms with E-state index in [1.807, 2.05) is 24.3 Å². The molecule has 0 saturated heterocycles. The standard InChI is InChI=1S/C21H30N2O4/c1-20(2)11-15(12-21(3,4)23-20)9-10-25-19(24)22-13-16-14-26-17-7-5-6-8-18(17)27-16/h5-8,11,16,23H,9-10,12-14H2,1-4H3,(H,22,24). The van der Waals surface area contributed by atoms with Gasteiger partial charge in [0.25, 0.3) is 0 Å². The minimum Gasteiger partial charge on any atom is -0.486 e. The Bertz CT molecular complexity index is 712. The Labute approximate surface area is 161 Å². The van der Waals surface area contributed by atoms with Gasteiger partial charge in [0.2, 0.25) is 0 Å². The zero-order valence-corrected chi connectivity index (χ0v) is 16.6. The van der Waals surface area contributed by atoms with Crippen LogP contribution in [-0.4, -0.2) is 43.0 Å². The zero-order valence-electron chi connectivity index (χ0n) is 16.6. The highest BCUT2D eigenvalue weighted by Crippen LogP contribution is 2.31. The molecule has 27 heavy (non-hydrogen) atoms. The van der Waals surface area contributed by atoms with E-state index in [9.17, 15) is 4.79 Å². The number of fused-ring (bicyclic) bond motifs is 1. The molecule has 1 unspecified atom stereocenters. The zero-order chi connectivity index (χ0) is 19.5. The molecule has 2 aliphatic heterocycles. The van der Waals surface area contributed by atoms with Crippen molar-refractivity contribution in [2.24, 2.45) is 0 Å². The van der Waals surface area contributed by atoms with Gasteiger partial charge in [0.15, 0.2) is 17.6 Å². The summed E-state index contributed by atoms with van der Waals surface area (Å²) in [6, 6.07) is 7.52. The van der Waals surface area contributed by atoms with Crippen LogP contribution >= 0.6 is 0 Å². The summed E-state index contributed by atoms with van der Waals surface area (Å²) in [5, 5.41) is 6.36. The maximum absolute atomic E-state index is 12.0. The second kappa shape index (κ2) is 7.80. The molecular weight excluding hydrogens is 344 g/mol. The number of para-hydroxylation sites is 2. The molecule has 6 heteroatoms. The Hall–Kier alpha value is -2.21. The molecule has 0 spiro atoms. The van der Waals surface area contributed by atoms with Crippen LogP contribution in [0.3, 0.4) is 0 Å². The van der Waals surface area contributed by atoms with Crippen molar-refractivity contribution in [3.63, 3.8) is 0 Å². The SMILES string of the molecule is CC1(C)C=C(CCOC(=O)NCC2COc3ccccc3O2)CC(C)(C)N1. The van der Waals surface area contributed by atoms with Crippen LogP contribution in [0.2, 0.25) is 0 Å². The van der Waals surface area contributed by atoms with E-state index in [0.29, 0.717) is 25.5 Å². The topological polar surface area (TPSA) is 68.8 Å². The van der Waals surface area contributed by atoms with E-state index < -0.39 is 6.09 Å². The van der Waals surface area contributed by atoms with E-state index >= 15 is 0 Å². The number of ether oxygens (including phenoxy) is 3. The van der Waals surface area contributed by atoms with E-state index in [1.165, 1.54) is 5.57 Å². The lowest BCUT2D eigenvalue weighted by molar-refractivity contribution is 0.0857. The lowest BCUT2D eigenvalue weighted by atomic mass is 9.82. The molecule has 0 bridgehead atoms. The van der Waals surface area contributed by atoms with Crippen LogP contribution in [0.5, 0.6) is 11.5 Å². The molecule has 2 aliphatic rings. The van der Waals surface area contributed by atoms with Crippen LogP contribution in [0, 0.1) is 0 Å². The first-order chi connectivity index (χ1) is 12.7. The van der Waals surface area contributed by atoms with Gasteiger partial charge in [-0.15, -0.1) is 0 Å². The van der Waals surface area contributed by atoms with Gasteiger partial charge >= 0.3 is 6.09 Å². The summed E-state index contributed by atoms with van der Waals surface area (Å²) in [4.78, 5) is 12.0. The van der Waals surface area contributed by atoms with Gasteiger partial charge in [-0.2, -0.15) is 0 Å². The van der Waals surface area contributed by atoms with E-state index in [4.69, 9.17) is 14.2 Å². The van der Waals surface area contributed by atoms with Crippen molar-refractivity contribution in [3.8, 4) is 11.5 Å². The predicted molar refractivity (Wildman–Crippen MR) is 104 cm³/mol. The van der Waals surface area contributed by atoms with Gasteiger partial charge in [-0.1, -0.05) is 23.8 Å². The highest BCUT2D eigenvalue weighted by Gasteiger charge is 2.31. The number of hydrogen-bond acceptors (Lipinski definition) is 5. The van der Waals surface area contributed by atoms with Crippen LogP contribution in [-0.2, 0) is 4.74 Å². The van der Waals surface area contributed by atoms with Gasteiger partial charge in [0.05, 0.1) is 13.2 Å². The largest absolute Gasteiger partial charge is 0.486 e. The Morgan fingerprint density at radius 3 is 2.74 bits per heavy atom. The first kappa shape index (κ1) is 19.5. The highest BCUT2D eigenvalue weighted by atomic mass is 16.6. The molecule has 148 valence electrons. The molecular formula is C21H30N2O4. The van der Waals surface area contributed by atoms with E-state index in [1.54, 1.807) is 0 Å². The molecule has 1 amide bonds. The molecule has 1 atom stereocenters. The third kappa shape index (κ3) is 5.63. The summed E-state index contributed by atoms with van der Waals surface area (Å²) in [7, 11) is 0. The monoisotopic (exact) mass is 374 g/mol. The lowest BCUT2D eigenvalue weighted by Gasteiger charge is -2.41. The smallest absolute Gasteiger partial charge is 0.407 e. The van der Waals surface area contributed by atoms with E-state index in [-0.39, 0.29) is 17.2 Å². The van der Waals surface area contributed by atoms with Crippen molar-refractivity contribution in [2.45, 2.75) is 57.7 Å². The Kier molecular flexibility index (Phi) is 5.65. The second-order valence-electron chi connectivity index (χ2n) is 8.47. The number of benzene rings is 1. The van der Waals surface area contributed by atoms with Gasteiger partial charge in [-0.25, -0.2) is 4.79 Å². The van der Waals surface area contributed by atoms with Gasteiger partial charge < -0.3 is 24.8 Å². The summed E-state index contributed by atoms with van der Waals surface area (Å²) in [5.74, 6) is 1.43. The molecule has 0 aliphatic carbocycles. The van der Waals surface area contributed by atoms with Gasteiger partial charge in [0.1, 0.15) is 6.61 Å². The van der Waals surface area contributed by atoms with Gasteiger partial charge in [-0.3, -0.25) is 0 Å². The lowest BCUT2D eigenvalue weighted by Crippen LogP contribution is -2.54. The second-order valence-corrected chi connectivity index (χ2v) is 8.47. The summed E-state index contributed by atoms with van der Waals surface area (Å²) < 4.78 is 16.8. The number of hydrogen-bond donors (Lipinski definition) is 2. The maximum atomic E-state index is 12.0. The summed E-state index contributed by atoms with van der Waals surface area (Å²) in [6.45, 7) is 9.83. The minimum atomic E-state index is -0.425. The molecule has 3 rings (SSSR count). The third-order valence-electron chi connectivity index (χ3n) is 4.59. The molecule has 2 N–H and O–H groups in total. The molecule has 0 fully saturated rings. The van der Waals surface area contributed by atoms with E-state index in [2.05, 4.69) is 44.4 Å². The van der Waals surface area contributed by atoms with Crippen LogP contribution in [0.15, 0.2) is 35.9 Å². The number of nitrogens with one attached hydrogen (secondary N) is 2. The van der Waals surface area contributed by atoms with Crippen LogP contribution in [0.25, 0.3) is 0 Å². The number of alkyl carbamates (subject to hydrolysis) is 1.